The van der Waals surface area contributed by atoms with Crippen molar-refractivity contribution in [2.45, 2.75) is 26.4 Å². The summed E-state index contributed by atoms with van der Waals surface area (Å²) in [6.45, 7) is 3.82. The first kappa shape index (κ1) is 9.99. The van der Waals surface area contributed by atoms with Crippen LogP contribution < -0.4 is 0 Å². The highest BCUT2D eigenvalue weighted by molar-refractivity contribution is 7.91. The maximum absolute atomic E-state index is 11.1. The predicted molar refractivity (Wildman–Crippen MR) is 47.6 cm³/mol. The van der Waals surface area contributed by atoms with Crippen LogP contribution in [-0.2, 0) is 9.84 Å². The average molecular weight is 192 g/mol. The van der Waals surface area contributed by atoms with E-state index in [9.17, 15) is 13.5 Å². The Balaban J connectivity index is 2.58. The van der Waals surface area contributed by atoms with E-state index in [0.29, 0.717) is 6.42 Å². The molecule has 0 amide bonds. The first-order valence-corrected chi connectivity index (χ1v) is 6.13. The Labute approximate surface area is 73.7 Å². The molecule has 1 fully saturated rings. The Morgan fingerprint density at radius 1 is 1.42 bits per heavy atom. The van der Waals surface area contributed by atoms with Crippen molar-refractivity contribution in [3.8, 4) is 0 Å². The summed E-state index contributed by atoms with van der Waals surface area (Å²) in [5.41, 5.74) is 0. The molecule has 2 unspecified atom stereocenters. The molecule has 1 rings (SSSR count). The monoisotopic (exact) mass is 192 g/mol. The maximum atomic E-state index is 11.1. The number of rotatable bonds is 2. The summed E-state index contributed by atoms with van der Waals surface area (Å²) < 4.78 is 22.1. The fourth-order valence-corrected chi connectivity index (χ4v) is 3.48. The van der Waals surface area contributed by atoms with Crippen LogP contribution in [0.4, 0.5) is 0 Å². The van der Waals surface area contributed by atoms with Crippen molar-refractivity contribution in [3.63, 3.8) is 0 Å². The first-order valence-electron chi connectivity index (χ1n) is 4.31. The Morgan fingerprint density at radius 2 is 2.00 bits per heavy atom. The van der Waals surface area contributed by atoms with Gasteiger partial charge in [-0.25, -0.2) is 8.42 Å². The van der Waals surface area contributed by atoms with Gasteiger partial charge >= 0.3 is 0 Å². The van der Waals surface area contributed by atoms with Gasteiger partial charge in [0.1, 0.15) is 0 Å². The highest BCUT2D eigenvalue weighted by Crippen LogP contribution is 2.25. The maximum Gasteiger partial charge on any atom is 0.150 e. The Bertz CT molecular complexity index is 243. The second-order valence-electron chi connectivity index (χ2n) is 3.90. The summed E-state index contributed by atoms with van der Waals surface area (Å²) in [5.74, 6) is 0.548. The van der Waals surface area contributed by atoms with Gasteiger partial charge in [-0.3, -0.25) is 0 Å². The number of hydrogen-bond acceptors (Lipinski definition) is 3. The summed E-state index contributed by atoms with van der Waals surface area (Å²) in [6.07, 6.45) is 0.170. The van der Waals surface area contributed by atoms with E-state index >= 15 is 0 Å². The molecular weight excluding hydrogens is 176 g/mol. The quantitative estimate of drug-likeness (QED) is 0.690. The Hall–Kier alpha value is -0.0900. The summed E-state index contributed by atoms with van der Waals surface area (Å²) in [4.78, 5) is 0. The van der Waals surface area contributed by atoms with Gasteiger partial charge in [-0.05, 0) is 18.3 Å². The molecule has 4 heteroatoms. The molecule has 1 N–H and O–H groups in total. The number of sulfone groups is 1. The second-order valence-corrected chi connectivity index (χ2v) is 6.13. The van der Waals surface area contributed by atoms with Gasteiger partial charge in [0.25, 0.3) is 0 Å². The van der Waals surface area contributed by atoms with E-state index in [0.717, 1.165) is 0 Å². The van der Waals surface area contributed by atoms with Crippen molar-refractivity contribution in [1.29, 1.82) is 0 Å². The molecule has 1 saturated heterocycles. The number of aliphatic hydroxyl groups excluding tert-OH is 1. The lowest BCUT2D eigenvalue weighted by Gasteiger charge is -2.19. The SMILES string of the molecule is CC(C)C(O)C1CCS(=O)(=O)C1. The van der Waals surface area contributed by atoms with Crippen molar-refractivity contribution < 1.29 is 13.5 Å². The van der Waals surface area contributed by atoms with Crippen LogP contribution in [0.15, 0.2) is 0 Å². The van der Waals surface area contributed by atoms with Crippen molar-refractivity contribution in [2.24, 2.45) is 11.8 Å². The van der Waals surface area contributed by atoms with Crippen LogP contribution >= 0.6 is 0 Å². The van der Waals surface area contributed by atoms with Crippen LogP contribution in [0.3, 0.4) is 0 Å². The smallest absolute Gasteiger partial charge is 0.150 e. The van der Waals surface area contributed by atoms with E-state index < -0.39 is 15.9 Å². The summed E-state index contributed by atoms with van der Waals surface area (Å²) in [7, 11) is -2.83. The zero-order valence-corrected chi connectivity index (χ0v) is 8.34. The fraction of sp³-hybridized carbons (Fsp3) is 1.00. The van der Waals surface area contributed by atoms with E-state index in [1.54, 1.807) is 0 Å². The molecule has 1 heterocycles. The van der Waals surface area contributed by atoms with Gasteiger partial charge < -0.3 is 5.11 Å². The minimum absolute atomic E-state index is 0.0324. The minimum Gasteiger partial charge on any atom is -0.393 e. The Kier molecular flexibility index (Phi) is 2.78. The molecule has 0 radical (unpaired) electrons. The summed E-state index contributed by atoms with van der Waals surface area (Å²) >= 11 is 0. The summed E-state index contributed by atoms with van der Waals surface area (Å²) in [5, 5.41) is 9.59. The van der Waals surface area contributed by atoms with Gasteiger partial charge in [-0.15, -0.1) is 0 Å². The molecule has 1 aliphatic heterocycles. The third kappa shape index (κ3) is 2.20. The van der Waals surface area contributed by atoms with Crippen molar-refractivity contribution in [1.82, 2.24) is 0 Å². The highest BCUT2D eigenvalue weighted by Gasteiger charge is 2.33. The molecule has 0 bridgehead atoms. The summed E-state index contributed by atoms with van der Waals surface area (Å²) in [6, 6.07) is 0. The van der Waals surface area contributed by atoms with Gasteiger partial charge in [-0.2, -0.15) is 0 Å². The molecule has 0 aromatic rings. The standard InChI is InChI=1S/C8H16O3S/c1-6(2)8(9)7-3-4-12(10,11)5-7/h6-9H,3-5H2,1-2H3. The van der Waals surface area contributed by atoms with Gasteiger partial charge in [-0.1, -0.05) is 13.8 Å². The van der Waals surface area contributed by atoms with E-state index in [-0.39, 0.29) is 23.3 Å². The molecule has 1 aliphatic rings. The van der Waals surface area contributed by atoms with Crippen LogP contribution in [0.25, 0.3) is 0 Å². The van der Waals surface area contributed by atoms with Gasteiger partial charge in [0.2, 0.25) is 0 Å². The van der Waals surface area contributed by atoms with Crippen LogP contribution in [-0.4, -0.2) is 31.1 Å². The third-order valence-electron chi connectivity index (χ3n) is 2.43. The normalized spacial score (nSPS) is 30.8. The van der Waals surface area contributed by atoms with Crippen LogP contribution in [0, 0.1) is 11.8 Å². The number of aliphatic hydroxyl groups is 1. The van der Waals surface area contributed by atoms with Crippen LogP contribution in [0.2, 0.25) is 0 Å². The van der Waals surface area contributed by atoms with Gasteiger partial charge in [0, 0.05) is 0 Å². The van der Waals surface area contributed by atoms with E-state index in [1.807, 2.05) is 13.8 Å². The molecule has 0 spiro atoms. The minimum atomic E-state index is -2.83. The largest absolute Gasteiger partial charge is 0.393 e. The lowest BCUT2D eigenvalue weighted by atomic mass is 9.93. The lowest BCUT2D eigenvalue weighted by molar-refractivity contribution is 0.0753. The molecule has 0 saturated carbocycles. The zero-order chi connectivity index (χ0) is 9.35. The van der Waals surface area contributed by atoms with E-state index in [1.165, 1.54) is 0 Å². The molecule has 72 valence electrons. The molecular formula is C8H16O3S. The Morgan fingerprint density at radius 3 is 2.33 bits per heavy atom. The van der Waals surface area contributed by atoms with Gasteiger partial charge in [0.15, 0.2) is 9.84 Å². The molecule has 12 heavy (non-hydrogen) atoms. The van der Waals surface area contributed by atoms with Crippen molar-refractivity contribution in [2.75, 3.05) is 11.5 Å². The topological polar surface area (TPSA) is 54.4 Å². The molecule has 3 nitrogen and oxygen atoms in total. The van der Waals surface area contributed by atoms with Crippen LogP contribution in [0.1, 0.15) is 20.3 Å². The van der Waals surface area contributed by atoms with E-state index in [4.69, 9.17) is 0 Å². The molecule has 0 aromatic carbocycles. The zero-order valence-electron chi connectivity index (χ0n) is 7.53. The predicted octanol–water partition coefficient (Wildman–Crippen LogP) is 0.438. The van der Waals surface area contributed by atoms with E-state index in [2.05, 4.69) is 0 Å². The molecule has 2 atom stereocenters. The van der Waals surface area contributed by atoms with Crippen molar-refractivity contribution in [3.05, 3.63) is 0 Å². The van der Waals surface area contributed by atoms with Gasteiger partial charge in [0.05, 0.1) is 17.6 Å². The first-order chi connectivity index (χ1) is 5.42. The molecule has 0 aromatic heterocycles. The highest BCUT2D eigenvalue weighted by atomic mass is 32.2. The van der Waals surface area contributed by atoms with Crippen molar-refractivity contribution >= 4 is 9.84 Å². The number of hydrogen-bond donors (Lipinski definition) is 1. The average Bonchev–Trinajstić information content (AvgIpc) is 2.28. The van der Waals surface area contributed by atoms with Crippen LogP contribution in [0.5, 0.6) is 0 Å². The lowest BCUT2D eigenvalue weighted by Crippen LogP contribution is -2.26. The third-order valence-corrected chi connectivity index (χ3v) is 4.23. The molecule has 0 aliphatic carbocycles. The second kappa shape index (κ2) is 3.34. The fourth-order valence-electron chi connectivity index (χ4n) is 1.64.